The van der Waals surface area contributed by atoms with Crippen molar-refractivity contribution in [2.24, 2.45) is 0 Å². The maximum absolute atomic E-state index is 5.38. The highest BCUT2D eigenvalue weighted by Gasteiger charge is 2.12. The van der Waals surface area contributed by atoms with Gasteiger partial charge in [0.25, 0.3) is 0 Å². The van der Waals surface area contributed by atoms with Crippen LogP contribution in [0.1, 0.15) is 25.0 Å². The summed E-state index contributed by atoms with van der Waals surface area (Å²) in [5, 5.41) is 3.56. The third-order valence-corrected chi connectivity index (χ3v) is 3.71. The first-order valence-corrected chi connectivity index (χ1v) is 7.12. The molecule has 2 rings (SSSR count). The molecule has 2 atom stereocenters. The fourth-order valence-corrected chi connectivity index (χ4v) is 2.20. The van der Waals surface area contributed by atoms with Crippen molar-refractivity contribution in [2.45, 2.75) is 32.4 Å². The van der Waals surface area contributed by atoms with Crippen LogP contribution in [-0.2, 0) is 11.2 Å². The van der Waals surface area contributed by atoms with Crippen LogP contribution in [0.5, 0.6) is 0 Å². The van der Waals surface area contributed by atoms with Crippen LogP contribution in [0.25, 0.3) is 0 Å². The first-order valence-electron chi connectivity index (χ1n) is 7.12. The topological polar surface area (TPSA) is 21.3 Å². The number of hydrogen-bond acceptors (Lipinski definition) is 2. The number of benzene rings is 2. The van der Waals surface area contributed by atoms with Crippen LogP contribution < -0.4 is 5.32 Å². The molecule has 0 heterocycles. The zero-order chi connectivity index (χ0) is 14.4. The summed E-state index contributed by atoms with van der Waals surface area (Å²) in [6.07, 6.45) is 1.12. The Kier molecular flexibility index (Phi) is 5.19. The highest BCUT2D eigenvalue weighted by atomic mass is 16.5. The molecule has 0 spiro atoms. The molecule has 0 radical (unpaired) electrons. The van der Waals surface area contributed by atoms with Gasteiger partial charge in [0, 0.05) is 18.8 Å². The average molecular weight is 269 g/mol. The molecule has 0 amide bonds. The molecule has 0 saturated carbocycles. The third-order valence-electron chi connectivity index (χ3n) is 3.71. The van der Waals surface area contributed by atoms with Crippen LogP contribution in [0.15, 0.2) is 54.6 Å². The van der Waals surface area contributed by atoms with Crippen molar-refractivity contribution in [2.75, 3.05) is 12.4 Å². The van der Waals surface area contributed by atoms with E-state index in [9.17, 15) is 0 Å². The third kappa shape index (κ3) is 3.84. The van der Waals surface area contributed by atoms with E-state index < -0.39 is 0 Å². The minimum Gasteiger partial charge on any atom is -0.380 e. The summed E-state index contributed by atoms with van der Waals surface area (Å²) in [4.78, 5) is 0. The molecule has 2 aromatic carbocycles. The maximum Gasteiger partial charge on any atom is 0.0741 e. The smallest absolute Gasteiger partial charge is 0.0741 e. The van der Waals surface area contributed by atoms with Gasteiger partial charge in [-0.25, -0.2) is 0 Å². The summed E-state index contributed by atoms with van der Waals surface area (Å²) in [5.41, 5.74) is 3.83. The Morgan fingerprint density at radius 2 is 1.60 bits per heavy atom. The van der Waals surface area contributed by atoms with Crippen LogP contribution >= 0.6 is 0 Å². The fraction of sp³-hybridized carbons (Fsp3) is 0.333. The van der Waals surface area contributed by atoms with Crippen molar-refractivity contribution in [3.8, 4) is 0 Å². The van der Waals surface area contributed by atoms with E-state index in [1.165, 1.54) is 16.8 Å². The number of nitrogens with one attached hydrogen (secondary N) is 1. The Hall–Kier alpha value is -1.80. The molecular weight excluding hydrogens is 246 g/mol. The zero-order valence-corrected chi connectivity index (χ0v) is 12.5. The Balaban J connectivity index is 2.14. The van der Waals surface area contributed by atoms with Crippen LogP contribution in [0.4, 0.5) is 5.69 Å². The molecule has 2 nitrogen and oxygen atoms in total. The Morgan fingerprint density at radius 3 is 2.30 bits per heavy atom. The van der Waals surface area contributed by atoms with Crippen LogP contribution in [-0.4, -0.2) is 19.3 Å². The van der Waals surface area contributed by atoms with Crippen molar-refractivity contribution < 1.29 is 4.74 Å². The number of methoxy groups -OCH3 is 1. The SMILES string of the molecule is COC(C)C(C)Nc1ccccc1Cc1ccccc1. The van der Waals surface area contributed by atoms with E-state index in [2.05, 4.69) is 73.8 Å². The van der Waals surface area contributed by atoms with Gasteiger partial charge >= 0.3 is 0 Å². The van der Waals surface area contributed by atoms with E-state index in [1.807, 2.05) is 0 Å². The van der Waals surface area contributed by atoms with Gasteiger partial charge in [-0.3, -0.25) is 0 Å². The van der Waals surface area contributed by atoms with Gasteiger partial charge in [-0.15, -0.1) is 0 Å². The molecule has 0 fully saturated rings. The summed E-state index contributed by atoms with van der Waals surface area (Å²) >= 11 is 0. The van der Waals surface area contributed by atoms with E-state index in [1.54, 1.807) is 7.11 Å². The largest absolute Gasteiger partial charge is 0.380 e. The lowest BCUT2D eigenvalue weighted by Gasteiger charge is -2.22. The van der Waals surface area contributed by atoms with E-state index in [0.29, 0.717) is 0 Å². The molecule has 0 saturated heterocycles. The van der Waals surface area contributed by atoms with Gasteiger partial charge in [0.15, 0.2) is 0 Å². The fourth-order valence-electron chi connectivity index (χ4n) is 2.20. The van der Waals surface area contributed by atoms with Gasteiger partial charge in [-0.1, -0.05) is 48.5 Å². The Morgan fingerprint density at radius 1 is 0.950 bits per heavy atom. The van der Waals surface area contributed by atoms with Crippen molar-refractivity contribution in [1.82, 2.24) is 0 Å². The summed E-state index contributed by atoms with van der Waals surface area (Å²) in [5.74, 6) is 0. The molecule has 0 aliphatic heterocycles. The van der Waals surface area contributed by atoms with Gasteiger partial charge < -0.3 is 10.1 Å². The van der Waals surface area contributed by atoms with Crippen LogP contribution in [0.3, 0.4) is 0 Å². The Labute approximate surface area is 121 Å². The van der Waals surface area contributed by atoms with Crippen LogP contribution in [0.2, 0.25) is 0 Å². The molecule has 106 valence electrons. The zero-order valence-electron chi connectivity index (χ0n) is 12.5. The van der Waals surface area contributed by atoms with Crippen molar-refractivity contribution in [1.29, 1.82) is 0 Å². The number of para-hydroxylation sites is 1. The molecule has 0 aromatic heterocycles. The lowest BCUT2D eigenvalue weighted by atomic mass is 10.0. The van der Waals surface area contributed by atoms with Gasteiger partial charge in [-0.2, -0.15) is 0 Å². The summed E-state index contributed by atoms with van der Waals surface area (Å²) in [7, 11) is 1.75. The molecule has 2 heteroatoms. The first kappa shape index (κ1) is 14.6. The molecule has 20 heavy (non-hydrogen) atoms. The molecule has 2 unspecified atom stereocenters. The summed E-state index contributed by atoms with van der Waals surface area (Å²) in [6, 6.07) is 19.3. The highest BCUT2D eigenvalue weighted by molar-refractivity contribution is 5.53. The maximum atomic E-state index is 5.38. The summed E-state index contributed by atoms with van der Waals surface area (Å²) in [6.45, 7) is 4.23. The normalized spacial score (nSPS) is 13.8. The van der Waals surface area contributed by atoms with E-state index in [4.69, 9.17) is 4.74 Å². The molecule has 1 N–H and O–H groups in total. The van der Waals surface area contributed by atoms with E-state index in [-0.39, 0.29) is 12.1 Å². The van der Waals surface area contributed by atoms with Gasteiger partial charge in [0.2, 0.25) is 0 Å². The molecule has 0 aliphatic rings. The lowest BCUT2D eigenvalue weighted by molar-refractivity contribution is 0.106. The van der Waals surface area contributed by atoms with E-state index in [0.717, 1.165) is 6.42 Å². The first-order chi connectivity index (χ1) is 9.70. The number of ether oxygens (including phenoxy) is 1. The quantitative estimate of drug-likeness (QED) is 0.852. The predicted molar refractivity (Wildman–Crippen MR) is 85.2 cm³/mol. The van der Waals surface area contributed by atoms with Crippen molar-refractivity contribution >= 4 is 5.69 Å². The minimum atomic E-state index is 0.180. The second-order valence-corrected chi connectivity index (χ2v) is 5.19. The molecule has 0 bridgehead atoms. The van der Waals surface area contributed by atoms with E-state index >= 15 is 0 Å². The number of anilines is 1. The van der Waals surface area contributed by atoms with Gasteiger partial charge in [0.05, 0.1) is 6.10 Å². The predicted octanol–water partition coefficient (Wildman–Crippen LogP) is 4.11. The van der Waals surface area contributed by atoms with Crippen LogP contribution in [0, 0.1) is 0 Å². The molecule has 2 aromatic rings. The highest BCUT2D eigenvalue weighted by Crippen LogP contribution is 2.20. The van der Waals surface area contributed by atoms with Crippen molar-refractivity contribution in [3.63, 3.8) is 0 Å². The lowest BCUT2D eigenvalue weighted by Crippen LogP contribution is -2.30. The molecular formula is C18H23NO. The second-order valence-electron chi connectivity index (χ2n) is 5.19. The van der Waals surface area contributed by atoms with Gasteiger partial charge in [0.1, 0.15) is 0 Å². The van der Waals surface area contributed by atoms with Crippen molar-refractivity contribution in [3.05, 3.63) is 65.7 Å². The summed E-state index contributed by atoms with van der Waals surface area (Å²) < 4.78 is 5.38. The second kappa shape index (κ2) is 7.11. The standard InChI is InChI=1S/C18H23NO/c1-14(15(2)20-3)19-18-12-8-7-11-17(18)13-16-9-5-4-6-10-16/h4-12,14-15,19H,13H2,1-3H3. The monoisotopic (exact) mass is 269 g/mol. The Bertz CT molecular complexity index is 524. The van der Waals surface area contributed by atoms with Gasteiger partial charge in [-0.05, 0) is 37.5 Å². The average Bonchev–Trinajstić information content (AvgIpc) is 2.49. The number of rotatable bonds is 6. The number of hydrogen-bond donors (Lipinski definition) is 1. The molecule has 0 aliphatic carbocycles. The minimum absolute atomic E-state index is 0.180.